The molecule has 0 aromatic rings. The Hall–Kier alpha value is -0.790. The average Bonchev–Trinajstić information content (AvgIpc) is 2.27. The highest BCUT2D eigenvalue weighted by Gasteiger charge is 2.25. The summed E-state index contributed by atoms with van der Waals surface area (Å²) in [5.74, 6) is 0.334. The van der Waals surface area contributed by atoms with E-state index in [1.807, 2.05) is 19.9 Å². The zero-order valence-electron chi connectivity index (χ0n) is 11.2. The molecule has 0 bridgehead atoms. The van der Waals surface area contributed by atoms with Crippen molar-refractivity contribution in [3.8, 4) is 0 Å². The topological polar surface area (TPSA) is 26.3 Å². The van der Waals surface area contributed by atoms with Gasteiger partial charge in [0.2, 0.25) is 0 Å². The Bertz CT molecular complexity index is 209. The van der Waals surface area contributed by atoms with Crippen molar-refractivity contribution in [2.75, 3.05) is 6.61 Å². The lowest BCUT2D eigenvalue weighted by atomic mass is 9.85. The zero-order chi connectivity index (χ0) is 12.4. The molecule has 94 valence electrons. The Labute approximate surface area is 100 Å². The fourth-order valence-electron chi connectivity index (χ4n) is 2.01. The molecule has 0 aliphatic heterocycles. The van der Waals surface area contributed by atoms with Gasteiger partial charge in [0, 0.05) is 0 Å². The van der Waals surface area contributed by atoms with Gasteiger partial charge in [0.05, 0.1) is 12.5 Å². The Kier molecular flexibility index (Phi) is 8.97. The summed E-state index contributed by atoms with van der Waals surface area (Å²) in [7, 11) is 0. The molecular weight excluding hydrogens is 200 g/mol. The summed E-state index contributed by atoms with van der Waals surface area (Å²) >= 11 is 0. The molecule has 0 aromatic heterocycles. The SMILES string of the molecule is C/C=C/[C@H](CCCC)[C@H](CC)C(=O)OCC. The highest BCUT2D eigenvalue weighted by atomic mass is 16.5. The number of esters is 1. The van der Waals surface area contributed by atoms with Gasteiger partial charge in [-0.1, -0.05) is 38.8 Å². The molecule has 2 atom stereocenters. The molecule has 0 amide bonds. The van der Waals surface area contributed by atoms with Crippen molar-refractivity contribution in [2.24, 2.45) is 11.8 Å². The summed E-state index contributed by atoms with van der Waals surface area (Å²) in [5, 5.41) is 0. The number of allylic oxidation sites excluding steroid dienone is 2. The molecule has 2 nitrogen and oxygen atoms in total. The minimum absolute atomic E-state index is 0.0303. The van der Waals surface area contributed by atoms with Crippen LogP contribution in [0.2, 0.25) is 0 Å². The van der Waals surface area contributed by atoms with E-state index >= 15 is 0 Å². The van der Waals surface area contributed by atoms with Crippen LogP contribution in [-0.2, 0) is 9.53 Å². The third kappa shape index (κ3) is 5.34. The Balaban J connectivity index is 4.49. The molecule has 0 aliphatic carbocycles. The van der Waals surface area contributed by atoms with Crippen LogP contribution in [0.1, 0.15) is 53.4 Å². The predicted octanol–water partition coefficient (Wildman–Crippen LogP) is 3.96. The van der Waals surface area contributed by atoms with E-state index in [4.69, 9.17) is 4.74 Å². The number of rotatable bonds is 8. The van der Waals surface area contributed by atoms with E-state index in [2.05, 4.69) is 19.9 Å². The quantitative estimate of drug-likeness (QED) is 0.462. The third-order valence-electron chi connectivity index (χ3n) is 2.88. The summed E-state index contributed by atoms with van der Waals surface area (Å²) in [6, 6.07) is 0. The molecule has 2 heteroatoms. The van der Waals surface area contributed by atoms with Gasteiger partial charge in [-0.15, -0.1) is 0 Å². The highest BCUT2D eigenvalue weighted by Crippen LogP contribution is 2.24. The van der Waals surface area contributed by atoms with Gasteiger partial charge >= 0.3 is 5.97 Å². The summed E-state index contributed by atoms with van der Waals surface area (Å²) in [5.41, 5.74) is 0. The molecule has 0 aliphatic rings. The smallest absolute Gasteiger partial charge is 0.309 e. The molecule has 16 heavy (non-hydrogen) atoms. The molecule has 0 aromatic carbocycles. The second kappa shape index (κ2) is 9.44. The standard InChI is InChI=1S/C14H26O2/c1-5-9-11-12(10-6-2)13(7-3)14(15)16-8-4/h6,10,12-13H,5,7-9,11H2,1-4H3/b10-6+/t12-,13+/m1/s1. The van der Waals surface area contributed by atoms with Crippen LogP contribution >= 0.6 is 0 Å². The molecule has 0 rings (SSSR count). The Morgan fingerprint density at radius 2 is 2.00 bits per heavy atom. The van der Waals surface area contributed by atoms with Crippen LogP contribution < -0.4 is 0 Å². The minimum Gasteiger partial charge on any atom is -0.466 e. The van der Waals surface area contributed by atoms with Crippen molar-refractivity contribution in [2.45, 2.75) is 53.4 Å². The van der Waals surface area contributed by atoms with Gasteiger partial charge in [0.25, 0.3) is 0 Å². The first-order valence-electron chi connectivity index (χ1n) is 6.50. The van der Waals surface area contributed by atoms with Crippen molar-refractivity contribution in [3.63, 3.8) is 0 Å². The van der Waals surface area contributed by atoms with Crippen molar-refractivity contribution in [1.82, 2.24) is 0 Å². The molecule has 0 saturated heterocycles. The van der Waals surface area contributed by atoms with E-state index in [0.29, 0.717) is 12.5 Å². The third-order valence-corrected chi connectivity index (χ3v) is 2.88. The van der Waals surface area contributed by atoms with E-state index in [1.54, 1.807) is 0 Å². The number of unbranched alkanes of at least 4 members (excludes halogenated alkanes) is 1. The van der Waals surface area contributed by atoms with Gasteiger partial charge in [-0.25, -0.2) is 0 Å². The Morgan fingerprint density at radius 1 is 1.31 bits per heavy atom. The summed E-state index contributed by atoms with van der Waals surface area (Å²) in [6.45, 7) is 8.59. The molecule has 0 spiro atoms. The van der Waals surface area contributed by atoms with Crippen LogP contribution in [0.25, 0.3) is 0 Å². The minimum atomic E-state index is -0.0378. The monoisotopic (exact) mass is 226 g/mol. The number of hydrogen-bond acceptors (Lipinski definition) is 2. The van der Waals surface area contributed by atoms with E-state index in [9.17, 15) is 4.79 Å². The zero-order valence-corrected chi connectivity index (χ0v) is 11.2. The van der Waals surface area contributed by atoms with Gasteiger partial charge in [-0.05, 0) is 32.6 Å². The predicted molar refractivity (Wildman–Crippen MR) is 68.2 cm³/mol. The van der Waals surface area contributed by atoms with Gasteiger partial charge in [0.15, 0.2) is 0 Å². The first-order valence-corrected chi connectivity index (χ1v) is 6.50. The van der Waals surface area contributed by atoms with Gasteiger partial charge in [-0.2, -0.15) is 0 Å². The molecule has 0 unspecified atom stereocenters. The van der Waals surface area contributed by atoms with Gasteiger partial charge < -0.3 is 4.74 Å². The number of carbonyl (C=O) groups excluding carboxylic acids is 1. The van der Waals surface area contributed by atoms with Crippen LogP contribution in [0, 0.1) is 11.8 Å². The molecule has 0 heterocycles. The molecule has 0 fully saturated rings. The van der Waals surface area contributed by atoms with Crippen LogP contribution in [-0.4, -0.2) is 12.6 Å². The van der Waals surface area contributed by atoms with Crippen molar-refractivity contribution < 1.29 is 9.53 Å². The second-order valence-corrected chi connectivity index (χ2v) is 4.10. The Morgan fingerprint density at radius 3 is 2.44 bits per heavy atom. The van der Waals surface area contributed by atoms with Crippen LogP contribution in [0.15, 0.2) is 12.2 Å². The lowest BCUT2D eigenvalue weighted by molar-refractivity contribution is -0.149. The van der Waals surface area contributed by atoms with E-state index in [1.165, 1.54) is 12.8 Å². The normalized spacial score (nSPS) is 15.0. The van der Waals surface area contributed by atoms with E-state index in [0.717, 1.165) is 12.8 Å². The molecular formula is C14H26O2. The van der Waals surface area contributed by atoms with Crippen LogP contribution in [0.3, 0.4) is 0 Å². The maximum absolute atomic E-state index is 11.8. The number of ether oxygens (including phenoxy) is 1. The van der Waals surface area contributed by atoms with E-state index in [-0.39, 0.29) is 11.9 Å². The maximum atomic E-state index is 11.8. The fourth-order valence-corrected chi connectivity index (χ4v) is 2.01. The van der Waals surface area contributed by atoms with Crippen LogP contribution in [0.5, 0.6) is 0 Å². The first-order chi connectivity index (χ1) is 7.71. The van der Waals surface area contributed by atoms with Gasteiger partial charge in [0.1, 0.15) is 0 Å². The van der Waals surface area contributed by atoms with Crippen LogP contribution in [0.4, 0.5) is 0 Å². The average molecular weight is 226 g/mol. The highest BCUT2D eigenvalue weighted by molar-refractivity contribution is 5.73. The molecule has 0 N–H and O–H groups in total. The van der Waals surface area contributed by atoms with Crippen molar-refractivity contribution >= 4 is 5.97 Å². The number of hydrogen-bond donors (Lipinski definition) is 0. The fraction of sp³-hybridized carbons (Fsp3) is 0.786. The van der Waals surface area contributed by atoms with E-state index < -0.39 is 0 Å². The molecule has 0 saturated carbocycles. The van der Waals surface area contributed by atoms with Gasteiger partial charge in [-0.3, -0.25) is 4.79 Å². The summed E-state index contributed by atoms with van der Waals surface area (Å²) < 4.78 is 5.13. The first kappa shape index (κ1) is 15.2. The number of carbonyl (C=O) groups is 1. The second-order valence-electron chi connectivity index (χ2n) is 4.10. The summed E-state index contributed by atoms with van der Waals surface area (Å²) in [6.07, 6.45) is 8.48. The largest absolute Gasteiger partial charge is 0.466 e. The van der Waals surface area contributed by atoms with Crippen molar-refractivity contribution in [3.05, 3.63) is 12.2 Å². The summed E-state index contributed by atoms with van der Waals surface area (Å²) in [4.78, 5) is 11.8. The lowest BCUT2D eigenvalue weighted by Gasteiger charge is -2.21. The molecule has 0 radical (unpaired) electrons. The maximum Gasteiger partial charge on any atom is 0.309 e. The lowest BCUT2D eigenvalue weighted by Crippen LogP contribution is -2.24. The van der Waals surface area contributed by atoms with Crippen molar-refractivity contribution in [1.29, 1.82) is 0 Å².